The molecule has 0 aromatic heterocycles. The van der Waals surface area contributed by atoms with Crippen LogP contribution in [0.25, 0.3) is 0 Å². The maximum atomic E-state index is 8.74. The molecule has 0 saturated carbocycles. The van der Waals surface area contributed by atoms with Crippen LogP contribution in [0.4, 0.5) is 5.69 Å². The molecule has 1 aromatic carbocycles. The molecule has 1 aromatic rings. The van der Waals surface area contributed by atoms with Crippen LogP contribution in [0.15, 0.2) is 12.1 Å². The van der Waals surface area contributed by atoms with E-state index in [1.54, 1.807) is 0 Å². The summed E-state index contributed by atoms with van der Waals surface area (Å²) in [6, 6.07) is 3.67. The van der Waals surface area contributed by atoms with E-state index in [9.17, 15) is 0 Å². The molecule has 4 N–H and O–H groups in total. The van der Waals surface area contributed by atoms with E-state index in [0.717, 1.165) is 12.1 Å². The number of aliphatic hydroxyl groups excluding tert-OH is 1. The molecule has 0 radical (unpaired) electrons. The molecule has 5 heteroatoms. The maximum Gasteiger partial charge on any atom is 0.0693 e. The quantitative estimate of drug-likeness (QED) is 0.572. The number of nitrogen functional groups attached to an aromatic ring is 1. The van der Waals surface area contributed by atoms with Crippen molar-refractivity contribution in [1.29, 1.82) is 0 Å². The van der Waals surface area contributed by atoms with Gasteiger partial charge in [-0.15, -0.1) is 0 Å². The summed E-state index contributed by atoms with van der Waals surface area (Å²) in [6.45, 7) is 5.58. The average Bonchev–Trinajstić information content (AvgIpc) is 2.25. The number of hydrogen-bond donors (Lipinski definition) is 3. The average molecular weight is 277 g/mol. The fraction of sp³-hybridized carbons (Fsp3) is 0.500. The van der Waals surface area contributed by atoms with Gasteiger partial charge in [0.15, 0.2) is 0 Å². The number of halogens is 2. The molecular weight excluding hydrogens is 259 g/mol. The van der Waals surface area contributed by atoms with E-state index in [2.05, 4.69) is 19.2 Å². The van der Waals surface area contributed by atoms with Crippen LogP contribution < -0.4 is 11.1 Å². The SMILES string of the molecule is CC(C)(CNCCO)c1cc(Cl)c(N)c(Cl)c1. The second kappa shape index (κ2) is 5.91. The number of aliphatic hydroxyl groups is 1. The van der Waals surface area contributed by atoms with E-state index in [-0.39, 0.29) is 12.0 Å². The van der Waals surface area contributed by atoms with Crippen molar-refractivity contribution in [1.82, 2.24) is 5.32 Å². The van der Waals surface area contributed by atoms with Crippen LogP contribution in [0.2, 0.25) is 10.0 Å². The first-order chi connectivity index (χ1) is 7.88. The lowest BCUT2D eigenvalue weighted by atomic mass is 9.84. The molecular formula is C12H18Cl2N2O. The van der Waals surface area contributed by atoms with Gasteiger partial charge in [-0.1, -0.05) is 37.0 Å². The van der Waals surface area contributed by atoms with Crippen LogP contribution >= 0.6 is 23.2 Å². The zero-order valence-corrected chi connectivity index (χ0v) is 11.6. The lowest BCUT2D eigenvalue weighted by Crippen LogP contribution is -2.34. The van der Waals surface area contributed by atoms with Gasteiger partial charge in [-0.2, -0.15) is 0 Å². The summed E-state index contributed by atoms with van der Waals surface area (Å²) in [4.78, 5) is 0. The third-order valence-electron chi connectivity index (χ3n) is 2.72. The third-order valence-corrected chi connectivity index (χ3v) is 3.34. The van der Waals surface area contributed by atoms with E-state index in [0.29, 0.717) is 22.3 Å². The molecule has 0 amide bonds. The molecule has 0 fully saturated rings. The third kappa shape index (κ3) is 3.75. The van der Waals surface area contributed by atoms with Crippen LogP contribution in [0.5, 0.6) is 0 Å². The van der Waals surface area contributed by atoms with Gasteiger partial charge < -0.3 is 16.2 Å². The largest absolute Gasteiger partial charge is 0.396 e. The Labute approximate surface area is 112 Å². The zero-order valence-electron chi connectivity index (χ0n) is 10.1. The highest BCUT2D eigenvalue weighted by atomic mass is 35.5. The van der Waals surface area contributed by atoms with E-state index in [1.165, 1.54) is 0 Å². The number of hydrogen-bond acceptors (Lipinski definition) is 3. The van der Waals surface area contributed by atoms with Crippen molar-refractivity contribution < 1.29 is 5.11 Å². The first-order valence-corrected chi connectivity index (χ1v) is 6.20. The minimum absolute atomic E-state index is 0.124. The Kier molecular flexibility index (Phi) is 5.07. The van der Waals surface area contributed by atoms with Crippen LogP contribution in [0, 0.1) is 0 Å². The topological polar surface area (TPSA) is 58.3 Å². The normalized spacial score (nSPS) is 11.8. The summed E-state index contributed by atoms with van der Waals surface area (Å²) in [6.07, 6.45) is 0. The Morgan fingerprint density at radius 2 is 1.82 bits per heavy atom. The molecule has 0 saturated heterocycles. The molecule has 0 spiro atoms. The highest BCUT2D eigenvalue weighted by molar-refractivity contribution is 6.38. The Morgan fingerprint density at radius 1 is 1.29 bits per heavy atom. The van der Waals surface area contributed by atoms with Gasteiger partial charge in [-0.05, 0) is 17.7 Å². The number of nitrogens with two attached hydrogens (primary N) is 1. The molecule has 3 nitrogen and oxygen atoms in total. The predicted octanol–water partition coefficient (Wildman–Crippen LogP) is 2.44. The van der Waals surface area contributed by atoms with Crippen LogP contribution in [0.3, 0.4) is 0 Å². The summed E-state index contributed by atoms with van der Waals surface area (Å²) in [5.41, 5.74) is 7.01. The molecule has 17 heavy (non-hydrogen) atoms. The van der Waals surface area contributed by atoms with Gasteiger partial charge in [0.05, 0.1) is 22.3 Å². The van der Waals surface area contributed by atoms with Crippen molar-refractivity contribution in [3.05, 3.63) is 27.7 Å². The van der Waals surface area contributed by atoms with Crippen molar-refractivity contribution >= 4 is 28.9 Å². The summed E-state index contributed by atoms with van der Waals surface area (Å²) in [5, 5.41) is 12.8. The Balaban J connectivity index is 2.90. The summed E-state index contributed by atoms with van der Waals surface area (Å²) in [7, 11) is 0. The van der Waals surface area contributed by atoms with Crippen molar-refractivity contribution in [3.8, 4) is 0 Å². The van der Waals surface area contributed by atoms with Gasteiger partial charge >= 0.3 is 0 Å². The molecule has 0 unspecified atom stereocenters. The van der Waals surface area contributed by atoms with Gasteiger partial charge in [0.25, 0.3) is 0 Å². The minimum Gasteiger partial charge on any atom is -0.396 e. The van der Waals surface area contributed by atoms with Crippen molar-refractivity contribution in [2.45, 2.75) is 19.3 Å². The van der Waals surface area contributed by atoms with Crippen LogP contribution in [-0.4, -0.2) is 24.8 Å². The fourth-order valence-corrected chi connectivity index (χ4v) is 2.04. The number of rotatable bonds is 5. The van der Waals surface area contributed by atoms with E-state index < -0.39 is 0 Å². The molecule has 1 rings (SSSR count). The number of benzene rings is 1. The summed E-state index contributed by atoms with van der Waals surface area (Å²) < 4.78 is 0. The second-order valence-corrected chi connectivity index (χ2v) is 5.45. The van der Waals surface area contributed by atoms with Crippen molar-refractivity contribution in [2.24, 2.45) is 0 Å². The first kappa shape index (κ1) is 14.6. The van der Waals surface area contributed by atoms with Gasteiger partial charge in [0.2, 0.25) is 0 Å². The van der Waals surface area contributed by atoms with Gasteiger partial charge in [-0.25, -0.2) is 0 Å². The van der Waals surface area contributed by atoms with E-state index in [1.807, 2.05) is 12.1 Å². The lowest BCUT2D eigenvalue weighted by molar-refractivity contribution is 0.286. The Hall–Kier alpha value is -0.480. The van der Waals surface area contributed by atoms with Crippen molar-refractivity contribution in [3.63, 3.8) is 0 Å². The maximum absolute atomic E-state index is 8.74. The highest BCUT2D eigenvalue weighted by Gasteiger charge is 2.22. The summed E-state index contributed by atoms with van der Waals surface area (Å²) in [5.74, 6) is 0. The molecule has 96 valence electrons. The first-order valence-electron chi connectivity index (χ1n) is 5.45. The molecule has 0 aliphatic rings. The fourth-order valence-electron chi connectivity index (χ4n) is 1.56. The van der Waals surface area contributed by atoms with E-state index >= 15 is 0 Å². The molecule has 0 aliphatic heterocycles. The molecule has 0 aliphatic carbocycles. The predicted molar refractivity (Wildman–Crippen MR) is 73.9 cm³/mol. The molecule has 0 bridgehead atoms. The van der Waals surface area contributed by atoms with E-state index in [4.69, 9.17) is 34.0 Å². The smallest absolute Gasteiger partial charge is 0.0693 e. The monoisotopic (exact) mass is 276 g/mol. The second-order valence-electron chi connectivity index (χ2n) is 4.64. The standard InChI is InChI=1S/C12H18Cl2N2O/c1-12(2,7-16-3-4-17)8-5-9(13)11(15)10(14)6-8/h5-6,16-17H,3-4,7,15H2,1-2H3. The molecule has 0 heterocycles. The number of nitrogens with one attached hydrogen (secondary N) is 1. The minimum atomic E-state index is -0.129. The number of anilines is 1. The van der Waals surface area contributed by atoms with Crippen LogP contribution in [-0.2, 0) is 5.41 Å². The lowest BCUT2D eigenvalue weighted by Gasteiger charge is -2.26. The Bertz CT molecular complexity index is 371. The Morgan fingerprint density at radius 3 is 2.29 bits per heavy atom. The van der Waals surface area contributed by atoms with Crippen molar-refractivity contribution in [2.75, 3.05) is 25.4 Å². The zero-order chi connectivity index (χ0) is 13.1. The summed E-state index contributed by atoms with van der Waals surface area (Å²) >= 11 is 12.0. The van der Waals surface area contributed by atoms with Gasteiger partial charge in [0, 0.05) is 18.5 Å². The molecule has 0 atom stereocenters. The van der Waals surface area contributed by atoms with Crippen LogP contribution in [0.1, 0.15) is 19.4 Å². The highest BCUT2D eigenvalue weighted by Crippen LogP contribution is 2.33. The van der Waals surface area contributed by atoms with Gasteiger partial charge in [-0.3, -0.25) is 0 Å². The van der Waals surface area contributed by atoms with Gasteiger partial charge in [0.1, 0.15) is 0 Å².